The Balaban J connectivity index is 3.47. The molecule has 90 valence electrons. The van der Waals surface area contributed by atoms with Gasteiger partial charge >= 0.3 is 5.97 Å². The van der Waals surface area contributed by atoms with Crippen molar-refractivity contribution < 1.29 is 14.3 Å². The lowest BCUT2D eigenvalue weighted by atomic mass is 9.96. The van der Waals surface area contributed by atoms with Crippen molar-refractivity contribution in [3.05, 3.63) is 28.3 Å². The quantitative estimate of drug-likeness (QED) is 0.777. The Labute approximate surface area is 105 Å². The topological polar surface area (TPSA) is 59.3 Å². The molecule has 0 spiro atoms. The van der Waals surface area contributed by atoms with Gasteiger partial charge in [-0.25, -0.2) is 4.79 Å². The zero-order valence-electron chi connectivity index (χ0n) is 9.78. The van der Waals surface area contributed by atoms with Crippen LogP contribution in [-0.2, 0) is 4.74 Å². The van der Waals surface area contributed by atoms with Crippen LogP contribution in [0.15, 0.2) is 12.1 Å². The maximum atomic E-state index is 11.7. The van der Waals surface area contributed by atoms with Gasteiger partial charge < -0.3 is 9.47 Å². The van der Waals surface area contributed by atoms with Crippen molar-refractivity contribution in [3.63, 3.8) is 0 Å². The zero-order valence-corrected chi connectivity index (χ0v) is 10.5. The number of methoxy groups -OCH3 is 2. The first-order valence-electron chi connectivity index (χ1n) is 4.91. The Hall–Kier alpha value is -1.73. The van der Waals surface area contributed by atoms with E-state index in [2.05, 4.69) is 10.8 Å². The standard InChI is InChI=1S/C12H12ClNO3/c1-7(6-14)8-4-5-9(16-2)11(13)10(8)12(15)17-3/h4-5,7H,1-3H3/t7-/m1/s1. The van der Waals surface area contributed by atoms with Crippen molar-refractivity contribution >= 4 is 17.6 Å². The Kier molecular flexibility index (Phi) is 4.36. The molecule has 17 heavy (non-hydrogen) atoms. The normalized spacial score (nSPS) is 11.5. The molecule has 1 rings (SSSR count). The van der Waals surface area contributed by atoms with Crippen LogP contribution in [0.5, 0.6) is 5.75 Å². The van der Waals surface area contributed by atoms with E-state index in [1.54, 1.807) is 19.1 Å². The van der Waals surface area contributed by atoms with Crippen molar-refractivity contribution in [2.45, 2.75) is 12.8 Å². The number of halogens is 1. The summed E-state index contributed by atoms with van der Waals surface area (Å²) in [6.45, 7) is 1.69. The smallest absolute Gasteiger partial charge is 0.339 e. The van der Waals surface area contributed by atoms with E-state index in [9.17, 15) is 4.79 Å². The second kappa shape index (κ2) is 5.55. The van der Waals surface area contributed by atoms with E-state index in [4.69, 9.17) is 21.6 Å². The molecule has 0 unspecified atom stereocenters. The molecule has 0 aliphatic heterocycles. The Morgan fingerprint density at radius 2 is 2.12 bits per heavy atom. The first-order valence-corrected chi connectivity index (χ1v) is 5.28. The van der Waals surface area contributed by atoms with Gasteiger partial charge in [0, 0.05) is 0 Å². The molecule has 0 saturated carbocycles. The largest absolute Gasteiger partial charge is 0.495 e. The second-order valence-corrected chi connectivity index (χ2v) is 3.77. The van der Waals surface area contributed by atoms with E-state index in [1.165, 1.54) is 14.2 Å². The number of benzene rings is 1. The number of rotatable bonds is 3. The molecular formula is C12H12ClNO3. The minimum absolute atomic E-state index is 0.166. The highest BCUT2D eigenvalue weighted by Crippen LogP contribution is 2.34. The summed E-state index contributed by atoms with van der Waals surface area (Å²) in [7, 11) is 2.72. The summed E-state index contributed by atoms with van der Waals surface area (Å²) in [4.78, 5) is 11.7. The zero-order chi connectivity index (χ0) is 13.0. The van der Waals surface area contributed by atoms with Crippen LogP contribution >= 0.6 is 11.6 Å². The molecule has 1 aromatic carbocycles. The van der Waals surface area contributed by atoms with E-state index >= 15 is 0 Å². The molecule has 0 aromatic heterocycles. The molecule has 0 bridgehead atoms. The average Bonchev–Trinajstić information content (AvgIpc) is 2.36. The van der Waals surface area contributed by atoms with Gasteiger partial charge in [0.2, 0.25) is 0 Å². The van der Waals surface area contributed by atoms with Gasteiger partial charge in [0.05, 0.1) is 36.8 Å². The Bertz CT molecular complexity index is 479. The number of hydrogen-bond donors (Lipinski definition) is 0. The molecule has 0 heterocycles. The van der Waals surface area contributed by atoms with Crippen molar-refractivity contribution in [3.8, 4) is 11.8 Å². The van der Waals surface area contributed by atoms with E-state index in [-0.39, 0.29) is 10.6 Å². The predicted molar refractivity (Wildman–Crippen MR) is 63.4 cm³/mol. The van der Waals surface area contributed by atoms with Gasteiger partial charge in [-0.15, -0.1) is 0 Å². The summed E-state index contributed by atoms with van der Waals surface area (Å²) >= 11 is 6.05. The maximum Gasteiger partial charge on any atom is 0.339 e. The third-order valence-corrected chi connectivity index (χ3v) is 2.78. The van der Waals surface area contributed by atoms with Gasteiger partial charge in [0.25, 0.3) is 0 Å². The fourth-order valence-electron chi connectivity index (χ4n) is 1.47. The number of carbonyl (C=O) groups is 1. The lowest BCUT2D eigenvalue weighted by Gasteiger charge is -2.13. The van der Waals surface area contributed by atoms with Gasteiger partial charge in [-0.1, -0.05) is 17.7 Å². The molecule has 5 heteroatoms. The molecule has 1 atom stereocenters. The minimum atomic E-state index is -0.578. The van der Waals surface area contributed by atoms with Crippen LogP contribution in [-0.4, -0.2) is 20.2 Å². The summed E-state index contributed by atoms with van der Waals surface area (Å²) in [5, 5.41) is 9.07. The Morgan fingerprint density at radius 3 is 2.59 bits per heavy atom. The average molecular weight is 254 g/mol. The molecule has 0 amide bonds. The first-order chi connectivity index (χ1) is 8.06. The van der Waals surface area contributed by atoms with Crippen molar-refractivity contribution in [2.75, 3.05) is 14.2 Å². The summed E-state index contributed by atoms with van der Waals surface area (Å²) in [5.41, 5.74) is 0.715. The van der Waals surface area contributed by atoms with Crippen molar-refractivity contribution in [1.82, 2.24) is 0 Å². The lowest BCUT2D eigenvalue weighted by Crippen LogP contribution is -2.09. The van der Waals surface area contributed by atoms with Gasteiger partial charge in [-0.05, 0) is 18.6 Å². The molecule has 0 aliphatic carbocycles. The van der Waals surface area contributed by atoms with Gasteiger partial charge in [0.1, 0.15) is 5.75 Å². The van der Waals surface area contributed by atoms with Crippen LogP contribution < -0.4 is 4.74 Å². The SMILES string of the molecule is COC(=O)c1c([C@H](C)C#N)ccc(OC)c1Cl. The third kappa shape index (κ3) is 2.51. The summed E-state index contributed by atoms with van der Waals surface area (Å²) in [6.07, 6.45) is 0. The molecule has 0 fully saturated rings. The number of esters is 1. The third-order valence-electron chi connectivity index (χ3n) is 2.41. The van der Waals surface area contributed by atoms with Crippen LogP contribution in [0.3, 0.4) is 0 Å². The number of nitriles is 1. The van der Waals surface area contributed by atoms with Crippen molar-refractivity contribution in [1.29, 1.82) is 5.26 Å². The molecule has 0 radical (unpaired) electrons. The highest BCUT2D eigenvalue weighted by Gasteiger charge is 2.22. The lowest BCUT2D eigenvalue weighted by molar-refractivity contribution is 0.0599. The van der Waals surface area contributed by atoms with Crippen LogP contribution in [0, 0.1) is 11.3 Å². The summed E-state index contributed by atoms with van der Waals surface area (Å²) < 4.78 is 9.69. The van der Waals surface area contributed by atoms with Crippen LogP contribution in [0.1, 0.15) is 28.8 Å². The summed E-state index contributed by atoms with van der Waals surface area (Å²) in [5.74, 6) is -0.653. The number of ether oxygens (including phenoxy) is 2. The molecule has 0 saturated heterocycles. The van der Waals surface area contributed by atoms with Crippen LogP contribution in [0.25, 0.3) is 0 Å². The summed E-state index contributed by atoms with van der Waals surface area (Å²) in [6, 6.07) is 5.32. The molecule has 0 aliphatic rings. The molecule has 0 N–H and O–H groups in total. The van der Waals surface area contributed by atoms with Crippen LogP contribution in [0.2, 0.25) is 5.02 Å². The highest BCUT2D eigenvalue weighted by molar-refractivity contribution is 6.35. The number of nitrogens with zero attached hydrogens (tertiary/aromatic N) is 1. The highest BCUT2D eigenvalue weighted by atomic mass is 35.5. The van der Waals surface area contributed by atoms with Crippen molar-refractivity contribution in [2.24, 2.45) is 0 Å². The monoisotopic (exact) mass is 253 g/mol. The first kappa shape index (κ1) is 13.3. The van der Waals surface area contributed by atoms with Gasteiger partial charge in [-0.3, -0.25) is 0 Å². The molecular weight excluding hydrogens is 242 g/mol. The van der Waals surface area contributed by atoms with E-state index < -0.39 is 11.9 Å². The fraction of sp³-hybridized carbons (Fsp3) is 0.333. The second-order valence-electron chi connectivity index (χ2n) is 3.39. The predicted octanol–water partition coefficient (Wildman–Crippen LogP) is 2.76. The van der Waals surface area contributed by atoms with Gasteiger partial charge in [-0.2, -0.15) is 5.26 Å². The molecule has 1 aromatic rings. The van der Waals surface area contributed by atoms with E-state index in [1.807, 2.05) is 0 Å². The number of hydrogen-bond acceptors (Lipinski definition) is 4. The fourth-order valence-corrected chi connectivity index (χ4v) is 1.80. The van der Waals surface area contributed by atoms with E-state index in [0.29, 0.717) is 11.3 Å². The molecule has 4 nitrogen and oxygen atoms in total. The maximum absolute atomic E-state index is 11.7. The minimum Gasteiger partial charge on any atom is -0.495 e. The van der Waals surface area contributed by atoms with Crippen LogP contribution in [0.4, 0.5) is 0 Å². The van der Waals surface area contributed by atoms with E-state index in [0.717, 1.165) is 0 Å². The number of carbonyl (C=O) groups excluding carboxylic acids is 1. The Morgan fingerprint density at radius 1 is 1.47 bits per heavy atom. The van der Waals surface area contributed by atoms with Gasteiger partial charge in [0.15, 0.2) is 0 Å².